The topological polar surface area (TPSA) is 89.5 Å². The van der Waals surface area contributed by atoms with Gasteiger partial charge >= 0.3 is 0 Å². The number of nitro groups is 1. The maximum absolute atomic E-state index is 12.3. The first-order valence-corrected chi connectivity index (χ1v) is 7.16. The van der Waals surface area contributed by atoms with E-state index in [1.807, 2.05) is 20.8 Å². The zero-order valence-corrected chi connectivity index (χ0v) is 14.0. The number of nitro benzene ring substituents is 1. The molecule has 0 aliphatic carbocycles. The summed E-state index contributed by atoms with van der Waals surface area (Å²) in [6.45, 7) is 6.26. The van der Waals surface area contributed by atoms with Gasteiger partial charge < -0.3 is 10.6 Å². The van der Waals surface area contributed by atoms with Crippen molar-refractivity contribution in [1.82, 2.24) is 4.90 Å². The molecule has 1 aromatic rings. The van der Waals surface area contributed by atoms with Crippen molar-refractivity contribution >= 4 is 24.0 Å². The van der Waals surface area contributed by atoms with Crippen LogP contribution in [0.3, 0.4) is 0 Å². The second-order valence-electron chi connectivity index (χ2n) is 5.38. The van der Waals surface area contributed by atoms with Crippen LogP contribution in [0.4, 0.5) is 5.69 Å². The van der Waals surface area contributed by atoms with E-state index >= 15 is 0 Å². The number of carbonyl (C=O) groups is 1. The highest BCUT2D eigenvalue weighted by Gasteiger charge is 2.23. The second-order valence-corrected chi connectivity index (χ2v) is 5.38. The van der Waals surface area contributed by atoms with Crippen LogP contribution in [0.2, 0.25) is 0 Å². The van der Waals surface area contributed by atoms with E-state index in [9.17, 15) is 14.9 Å². The highest BCUT2D eigenvalue weighted by atomic mass is 35.5. The fourth-order valence-electron chi connectivity index (χ4n) is 2.08. The fraction of sp³-hybridized carbons (Fsp3) is 0.533. The Hall–Kier alpha value is -1.66. The van der Waals surface area contributed by atoms with Gasteiger partial charge in [0.15, 0.2) is 0 Å². The first-order chi connectivity index (χ1) is 9.86. The molecule has 7 heteroatoms. The molecule has 2 N–H and O–H groups in total. The van der Waals surface area contributed by atoms with Crippen molar-refractivity contribution in [3.63, 3.8) is 0 Å². The van der Waals surface area contributed by atoms with Crippen molar-refractivity contribution in [3.05, 3.63) is 39.9 Å². The Labute approximate surface area is 137 Å². The van der Waals surface area contributed by atoms with Gasteiger partial charge in [-0.3, -0.25) is 14.9 Å². The molecule has 0 bridgehead atoms. The third kappa shape index (κ3) is 5.61. The quantitative estimate of drug-likeness (QED) is 0.615. The van der Waals surface area contributed by atoms with Crippen molar-refractivity contribution < 1.29 is 9.72 Å². The Morgan fingerprint density at radius 1 is 1.32 bits per heavy atom. The van der Waals surface area contributed by atoms with Crippen LogP contribution in [0, 0.1) is 10.1 Å². The molecule has 1 rings (SSSR count). The van der Waals surface area contributed by atoms with E-state index in [2.05, 4.69) is 0 Å². The molecule has 0 heterocycles. The number of halogens is 1. The summed E-state index contributed by atoms with van der Waals surface area (Å²) >= 11 is 0. The Bertz CT molecular complexity index is 491. The van der Waals surface area contributed by atoms with Crippen molar-refractivity contribution in [3.8, 4) is 0 Å². The molecule has 0 spiro atoms. The molecule has 1 amide bonds. The first-order valence-electron chi connectivity index (χ1n) is 7.16. The summed E-state index contributed by atoms with van der Waals surface area (Å²) < 4.78 is 0. The zero-order valence-electron chi connectivity index (χ0n) is 13.2. The fourth-order valence-corrected chi connectivity index (χ4v) is 2.08. The lowest BCUT2D eigenvalue weighted by atomic mass is 10.1. The molecule has 1 unspecified atom stereocenters. The maximum Gasteiger partial charge on any atom is 0.269 e. The van der Waals surface area contributed by atoms with Crippen LogP contribution >= 0.6 is 12.4 Å². The zero-order chi connectivity index (χ0) is 16.0. The molecule has 0 aliphatic heterocycles. The SMILES string of the molecule is CCCC(N)C(=O)N(Cc1ccc([N+](=O)[O-])cc1)C(C)C.Cl. The van der Waals surface area contributed by atoms with Gasteiger partial charge in [0.25, 0.3) is 5.69 Å². The van der Waals surface area contributed by atoms with Crippen molar-refractivity contribution in [2.24, 2.45) is 5.73 Å². The number of hydrogen-bond acceptors (Lipinski definition) is 4. The molecule has 1 aromatic carbocycles. The van der Waals surface area contributed by atoms with Crippen molar-refractivity contribution in [1.29, 1.82) is 0 Å². The van der Waals surface area contributed by atoms with E-state index in [0.717, 1.165) is 12.0 Å². The summed E-state index contributed by atoms with van der Waals surface area (Å²) in [4.78, 5) is 24.3. The molecular weight excluding hydrogens is 306 g/mol. The van der Waals surface area contributed by atoms with Gasteiger partial charge in [0.05, 0.1) is 11.0 Å². The van der Waals surface area contributed by atoms with Crippen LogP contribution in [-0.4, -0.2) is 27.8 Å². The normalized spacial score (nSPS) is 11.7. The third-order valence-electron chi connectivity index (χ3n) is 3.32. The average Bonchev–Trinajstić information content (AvgIpc) is 2.44. The van der Waals surface area contributed by atoms with Crippen LogP contribution < -0.4 is 5.73 Å². The van der Waals surface area contributed by atoms with Crippen LogP contribution in [0.1, 0.15) is 39.2 Å². The van der Waals surface area contributed by atoms with E-state index < -0.39 is 11.0 Å². The molecule has 124 valence electrons. The number of benzene rings is 1. The molecular formula is C15H24ClN3O3. The Morgan fingerprint density at radius 2 is 1.86 bits per heavy atom. The molecule has 0 aromatic heterocycles. The number of amides is 1. The van der Waals surface area contributed by atoms with Gasteiger partial charge in [-0.05, 0) is 25.8 Å². The number of rotatable bonds is 7. The lowest BCUT2D eigenvalue weighted by Crippen LogP contribution is -2.46. The van der Waals surface area contributed by atoms with Crippen LogP contribution in [0.15, 0.2) is 24.3 Å². The summed E-state index contributed by atoms with van der Waals surface area (Å²) in [5.41, 5.74) is 6.80. The summed E-state index contributed by atoms with van der Waals surface area (Å²) in [5.74, 6) is -0.0785. The minimum absolute atomic E-state index is 0. The Kier molecular flexibility index (Phi) is 8.67. The summed E-state index contributed by atoms with van der Waals surface area (Å²) in [6, 6.07) is 5.78. The predicted molar refractivity (Wildman–Crippen MR) is 88.9 cm³/mol. The lowest BCUT2D eigenvalue weighted by Gasteiger charge is -2.29. The largest absolute Gasteiger partial charge is 0.335 e. The second kappa shape index (κ2) is 9.38. The third-order valence-corrected chi connectivity index (χ3v) is 3.32. The van der Waals surface area contributed by atoms with E-state index in [1.165, 1.54) is 12.1 Å². The molecule has 1 atom stereocenters. The molecule has 6 nitrogen and oxygen atoms in total. The Morgan fingerprint density at radius 3 is 2.27 bits per heavy atom. The predicted octanol–water partition coefficient (Wildman–Crippen LogP) is 2.88. The minimum atomic E-state index is -0.490. The summed E-state index contributed by atoms with van der Waals surface area (Å²) in [6.07, 6.45) is 1.51. The molecule has 0 fully saturated rings. The van der Waals surface area contributed by atoms with Gasteiger partial charge in [0.2, 0.25) is 5.91 Å². The number of non-ortho nitro benzene ring substituents is 1. The highest BCUT2D eigenvalue weighted by Crippen LogP contribution is 2.15. The molecule has 0 aliphatic rings. The molecule has 0 saturated carbocycles. The first kappa shape index (κ1) is 20.3. The smallest absolute Gasteiger partial charge is 0.269 e. The molecule has 0 radical (unpaired) electrons. The Balaban J connectivity index is 0.00000441. The van der Waals surface area contributed by atoms with Gasteiger partial charge in [-0.2, -0.15) is 0 Å². The van der Waals surface area contributed by atoms with Gasteiger partial charge in [-0.15, -0.1) is 12.4 Å². The minimum Gasteiger partial charge on any atom is -0.335 e. The standard InChI is InChI=1S/C15H23N3O3.ClH/c1-4-5-14(16)15(19)17(11(2)3)10-12-6-8-13(9-7-12)18(20)21;/h6-9,11,14H,4-5,10,16H2,1-3H3;1H. The number of nitrogens with two attached hydrogens (primary N) is 1. The van der Waals surface area contributed by atoms with Crippen LogP contribution in [0.25, 0.3) is 0 Å². The number of hydrogen-bond donors (Lipinski definition) is 1. The van der Waals surface area contributed by atoms with Gasteiger partial charge in [-0.25, -0.2) is 0 Å². The summed E-state index contributed by atoms with van der Waals surface area (Å²) in [5, 5.41) is 10.6. The van der Waals surface area contributed by atoms with Gasteiger partial charge in [0, 0.05) is 24.7 Å². The van der Waals surface area contributed by atoms with Crippen LogP contribution in [-0.2, 0) is 11.3 Å². The van der Waals surface area contributed by atoms with E-state index in [0.29, 0.717) is 13.0 Å². The number of carbonyl (C=O) groups excluding carboxylic acids is 1. The number of nitrogens with zero attached hydrogens (tertiary/aromatic N) is 2. The van der Waals surface area contributed by atoms with Gasteiger partial charge in [0.1, 0.15) is 0 Å². The van der Waals surface area contributed by atoms with Gasteiger partial charge in [-0.1, -0.05) is 25.5 Å². The average molecular weight is 330 g/mol. The molecule has 0 saturated heterocycles. The summed E-state index contributed by atoms with van der Waals surface area (Å²) in [7, 11) is 0. The van der Waals surface area contributed by atoms with E-state index in [4.69, 9.17) is 5.73 Å². The van der Waals surface area contributed by atoms with E-state index in [-0.39, 0.29) is 30.0 Å². The van der Waals surface area contributed by atoms with Crippen molar-refractivity contribution in [2.75, 3.05) is 0 Å². The molecule has 22 heavy (non-hydrogen) atoms. The highest BCUT2D eigenvalue weighted by molar-refractivity contribution is 5.85. The van der Waals surface area contributed by atoms with Crippen LogP contribution in [0.5, 0.6) is 0 Å². The monoisotopic (exact) mass is 329 g/mol. The maximum atomic E-state index is 12.3. The lowest BCUT2D eigenvalue weighted by molar-refractivity contribution is -0.384. The van der Waals surface area contributed by atoms with Crippen molar-refractivity contribution in [2.45, 2.75) is 52.2 Å². The van der Waals surface area contributed by atoms with E-state index in [1.54, 1.807) is 17.0 Å².